The molecule has 0 radical (unpaired) electrons. The van der Waals surface area contributed by atoms with Crippen LogP contribution in [0.3, 0.4) is 0 Å². The van der Waals surface area contributed by atoms with Crippen molar-refractivity contribution in [2.45, 2.75) is 18.9 Å². The third-order valence-corrected chi connectivity index (χ3v) is 5.59. The van der Waals surface area contributed by atoms with Crippen molar-refractivity contribution in [3.05, 3.63) is 54.3 Å². The van der Waals surface area contributed by atoms with Gasteiger partial charge in [0.25, 0.3) is 0 Å². The van der Waals surface area contributed by atoms with Crippen molar-refractivity contribution in [3.63, 3.8) is 0 Å². The molecule has 5 heteroatoms. The third kappa shape index (κ3) is 4.37. The number of piperidine rings is 1. The summed E-state index contributed by atoms with van der Waals surface area (Å²) in [6, 6.07) is 16.2. The van der Waals surface area contributed by atoms with E-state index in [-0.39, 0.29) is 5.82 Å². The van der Waals surface area contributed by atoms with Gasteiger partial charge in [-0.05, 0) is 68.9 Å². The average molecular weight is 381 g/mol. The van der Waals surface area contributed by atoms with Crippen LogP contribution in [0.4, 0.5) is 10.1 Å². The van der Waals surface area contributed by atoms with Crippen molar-refractivity contribution in [2.24, 2.45) is 0 Å². The molecule has 3 aromatic rings. The largest absolute Gasteiger partial charge is 0.371 e. The van der Waals surface area contributed by atoms with Gasteiger partial charge in [0.05, 0.1) is 0 Å². The molecular weight excluding hydrogens is 351 g/mol. The number of anilines is 1. The lowest BCUT2D eigenvalue weighted by Crippen LogP contribution is -2.44. The minimum atomic E-state index is -0.200. The predicted molar refractivity (Wildman–Crippen MR) is 115 cm³/mol. The lowest BCUT2D eigenvalue weighted by Gasteiger charge is -2.34. The van der Waals surface area contributed by atoms with Crippen LogP contribution in [0.15, 0.2) is 48.5 Å². The summed E-state index contributed by atoms with van der Waals surface area (Å²) in [5.74, 6) is -0.200. The van der Waals surface area contributed by atoms with E-state index >= 15 is 0 Å². The molecule has 4 rings (SSSR count). The van der Waals surface area contributed by atoms with Gasteiger partial charge >= 0.3 is 0 Å². The summed E-state index contributed by atoms with van der Waals surface area (Å²) in [4.78, 5) is 8.09. The lowest BCUT2D eigenvalue weighted by atomic mass is 10.0. The lowest BCUT2D eigenvalue weighted by molar-refractivity contribution is 0.359. The van der Waals surface area contributed by atoms with Crippen LogP contribution in [-0.4, -0.2) is 56.2 Å². The number of hydrogen-bond acceptors (Lipinski definition) is 3. The first kappa shape index (κ1) is 19.0. The van der Waals surface area contributed by atoms with Gasteiger partial charge in [-0.15, -0.1) is 0 Å². The predicted octanol–water partition coefficient (Wildman–Crippen LogP) is 4.09. The van der Waals surface area contributed by atoms with Crippen LogP contribution in [0.2, 0.25) is 0 Å². The van der Waals surface area contributed by atoms with E-state index in [1.165, 1.54) is 24.6 Å². The van der Waals surface area contributed by atoms with E-state index in [1.807, 2.05) is 6.07 Å². The summed E-state index contributed by atoms with van der Waals surface area (Å²) in [6.07, 6.45) is 2.34. The second kappa shape index (κ2) is 8.33. The fraction of sp³-hybridized carbons (Fsp3) is 0.391. The Morgan fingerprint density at radius 2 is 1.93 bits per heavy atom. The maximum Gasteiger partial charge on any atom is 0.123 e. The topological polar surface area (TPSA) is 34.3 Å². The summed E-state index contributed by atoms with van der Waals surface area (Å²) < 4.78 is 13.5. The number of aromatic nitrogens is 1. The Bertz CT molecular complexity index is 925. The van der Waals surface area contributed by atoms with E-state index in [1.54, 1.807) is 12.1 Å². The molecule has 0 bridgehead atoms. The molecule has 2 heterocycles. The molecule has 1 saturated heterocycles. The monoisotopic (exact) mass is 380 g/mol. The maximum atomic E-state index is 13.5. The highest BCUT2D eigenvalue weighted by atomic mass is 19.1. The Morgan fingerprint density at radius 3 is 2.71 bits per heavy atom. The smallest absolute Gasteiger partial charge is 0.123 e. The van der Waals surface area contributed by atoms with E-state index in [0.717, 1.165) is 48.3 Å². The molecular formula is C23H29FN4. The number of hydrogen-bond donors (Lipinski definition) is 2. The summed E-state index contributed by atoms with van der Waals surface area (Å²) >= 11 is 0. The van der Waals surface area contributed by atoms with Crippen molar-refractivity contribution < 1.29 is 4.39 Å². The number of nitrogens with zero attached hydrogens (tertiary/aromatic N) is 2. The first-order valence-electron chi connectivity index (χ1n) is 10.1. The number of benzene rings is 2. The fourth-order valence-corrected chi connectivity index (χ4v) is 3.96. The summed E-state index contributed by atoms with van der Waals surface area (Å²) in [6.45, 7) is 4.27. The van der Waals surface area contributed by atoms with Crippen LogP contribution < -0.4 is 10.2 Å². The second-order valence-corrected chi connectivity index (χ2v) is 7.98. The third-order valence-electron chi connectivity index (χ3n) is 5.59. The molecule has 0 aliphatic carbocycles. The molecule has 148 valence electrons. The maximum absolute atomic E-state index is 13.5. The highest BCUT2D eigenvalue weighted by Crippen LogP contribution is 2.29. The molecule has 1 fully saturated rings. The number of H-pyrrole nitrogens is 1. The summed E-state index contributed by atoms with van der Waals surface area (Å²) in [5, 5.41) is 4.59. The van der Waals surface area contributed by atoms with Gasteiger partial charge in [0.1, 0.15) is 5.82 Å². The van der Waals surface area contributed by atoms with Gasteiger partial charge in [0.15, 0.2) is 0 Å². The molecule has 0 amide bonds. The molecule has 2 aromatic carbocycles. The Kier molecular flexibility index (Phi) is 5.64. The number of aromatic amines is 1. The zero-order valence-electron chi connectivity index (χ0n) is 16.7. The van der Waals surface area contributed by atoms with Gasteiger partial charge in [-0.25, -0.2) is 4.39 Å². The van der Waals surface area contributed by atoms with Crippen LogP contribution >= 0.6 is 0 Å². The van der Waals surface area contributed by atoms with Crippen LogP contribution in [0.1, 0.15) is 12.8 Å². The normalized spacial score (nSPS) is 15.6. The van der Waals surface area contributed by atoms with E-state index in [4.69, 9.17) is 0 Å². The molecule has 0 atom stereocenters. The summed E-state index contributed by atoms with van der Waals surface area (Å²) in [7, 11) is 4.22. The Hall–Kier alpha value is -2.37. The van der Waals surface area contributed by atoms with Crippen molar-refractivity contribution in [1.82, 2.24) is 15.2 Å². The molecule has 0 spiro atoms. The standard InChI is InChI=1S/C23H29FN4/c1-27(2)13-10-25-20-8-11-28(12-9-20)21-5-3-4-17(15-21)23-16-18-14-19(24)6-7-22(18)26-23/h3-7,14-16,20,25-26H,8-13H2,1-2H3. The first-order chi connectivity index (χ1) is 13.6. The van der Waals surface area contributed by atoms with Crippen LogP contribution in [-0.2, 0) is 0 Å². The van der Waals surface area contributed by atoms with Crippen molar-refractivity contribution in [1.29, 1.82) is 0 Å². The molecule has 0 saturated carbocycles. The van der Waals surface area contributed by atoms with Gasteiger partial charge in [-0.2, -0.15) is 0 Å². The fourth-order valence-electron chi connectivity index (χ4n) is 3.96. The quantitative estimate of drug-likeness (QED) is 0.676. The SMILES string of the molecule is CN(C)CCNC1CCN(c2cccc(-c3cc4cc(F)ccc4[nH]3)c2)CC1. The van der Waals surface area contributed by atoms with E-state index in [2.05, 4.69) is 58.5 Å². The van der Waals surface area contributed by atoms with Crippen LogP contribution in [0, 0.1) is 5.82 Å². The zero-order valence-corrected chi connectivity index (χ0v) is 16.7. The number of likely N-dealkylation sites (N-methyl/N-ethyl adjacent to an activating group) is 1. The number of nitrogens with one attached hydrogen (secondary N) is 2. The van der Waals surface area contributed by atoms with Gasteiger partial charge in [0.2, 0.25) is 0 Å². The van der Waals surface area contributed by atoms with Crippen LogP contribution in [0.25, 0.3) is 22.2 Å². The molecule has 28 heavy (non-hydrogen) atoms. The van der Waals surface area contributed by atoms with E-state index < -0.39 is 0 Å². The second-order valence-electron chi connectivity index (χ2n) is 7.98. The molecule has 1 aliphatic heterocycles. The molecule has 1 aliphatic rings. The average Bonchev–Trinajstić information content (AvgIpc) is 3.12. The zero-order chi connectivity index (χ0) is 19.5. The minimum absolute atomic E-state index is 0.200. The van der Waals surface area contributed by atoms with E-state index in [9.17, 15) is 4.39 Å². The van der Waals surface area contributed by atoms with Gasteiger partial charge in [0, 0.05) is 54.5 Å². The van der Waals surface area contributed by atoms with E-state index in [0.29, 0.717) is 6.04 Å². The first-order valence-corrected chi connectivity index (χ1v) is 10.1. The Balaban J connectivity index is 1.42. The van der Waals surface area contributed by atoms with Crippen molar-refractivity contribution in [2.75, 3.05) is 45.2 Å². The Morgan fingerprint density at radius 1 is 1.11 bits per heavy atom. The summed E-state index contributed by atoms with van der Waals surface area (Å²) in [5.41, 5.74) is 4.39. The molecule has 0 unspecified atom stereocenters. The Labute approximate surface area is 166 Å². The highest BCUT2D eigenvalue weighted by Gasteiger charge is 2.19. The minimum Gasteiger partial charge on any atom is -0.371 e. The van der Waals surface area contributed by atoms with Gasteiger partial charge < -0.3 is 20.1 Å². The number of fused-ring (bicyclic) bond motifs is 1. The van der Waals surface area contributed by atoms with Crippen molar-refractivity contribution >= 4 is 16.6 Å². The molecule has 1 aromatic heterocycles. The van der Waals surface area contributed by atoms with Crippen LogP contribution in [0.5, 0.6) is 0 Å². The van der Waals surface area contributed by atoms with Gasteiger partial charge in [-0.3, -0.25) is 0 Å². The number of rotatable bonds is 6. The van der Waals surface area contributed by atoms with Crippen molar-refractivity contribution in [3.8, 4) is 11.3 Å². The molecule has 4 nitrogen and oxygen atoms in total. The number of halogens is 1. The van der Waals surface area contributed by atoms with Gasteiger partial charge in [-0.1, -0.05) is 12.1 Å². The highest BCUT2D eigenvalue weighted by molar-refractivity contribution is 5.86. The molecule has 2 N–H and O–H groups in total.